The average molecular weight is 290 g/mol. The van der Waals surface area contributed by atoms with Gasteiger partial charge in [0.25, 0.3) is 0 Å². The predicted octanol–water partition coefficient (Wildman–Crippen LogP) is 3.29. The third kappa shape index (κ3) is 4.24. The Morgan fingerprint density at radius 2 is 0.667 bits per heavy atom. The predicted molar refractivity (Wildman–Crippen MR) is 46.2 cm³/mol. The van der Waals surface area contributed by atoms with E-state index in [1.54, 1.807) is 0 Å². The molecule has 0 N–H and O–H groups in total. The van der Waals surface area contributed by atoms with E-state index in [0.717, 1.165) is 0 Å². The standard InChI is InChI=1S/C9H11F9/c10-1-3(12)5(14)7(16)9(18)8(17)6(15)4(13)2-11/h3-9H,1-2H2. The minimum atomic E-state index is -3.57. The van der Waals surface area contributed by atoms with E-state index in [4.69, 9.17) is 0 Å². The van der Waals surface area contributed by atoms with Crippen LogP contribution in [0.25, 0.3) is 0 Å². The van der Waals surface area contributed by atoms with Crippen LogP contribution in [-0.4, -0.2) is 56.6 Å². The molecule has 0 aromatic carbocycles. The second kappa shape index (κ2) is 7.73. The third-order valence-corrected chi connectivity index (χ3v) is 2.20. The van der Waals surface area contributed by atoms with Crippen molar-refractivity contribution in [1.29, 1.82) is 0 Å². The van der Waals surface area contributed by atoms with Gasteiger partial charge in [0, 0.05) is 0 Å². The lowest BCUT2D eigenvalue weighted by Crippen LogP contribution is -2.45. The maximum atomic E-state index is 12.9. The number of alkyl halides is 9. The van der Waals surface area contributed by atoms with Gasteiger partial charge in [0.1, 0.15) is 13.3 Å². The minimum Gasteiger partial charge on any atom is -0.248 e. The summed E-state index contributed by atoms with van der Waals surface area (Å²) in [6, 6.07) is 0. The van der Waals surface area contributed by atoms with Crippen LogP contribution in [0.3, 0.4) is 0 Å². The molecule has 0 spiro atoms. The summed E-state index contributed by atoms with van der Waals surface area (Å²) in [5.74, 6) is 0. The summed E-state index contributed by atoms with van der Waals surface area (Å²) >= 11 is 0. The summed E-state index contributed by atoms with van der Waals surface area (Å²) in [5.41, 5.74) is 0. The fourth-order valence-corrected chi connectivity index (χ4v) is 1.10. The van der Waals surface area contributed by atoms with Gasteiger partial charge in [0.2, 0.25) is 0 Å². The quantitative estimate of drug-likeness (QED) is 0.602. The molecule has 110 valence electrons. The number of halogens is 9. The van der Waals surface area contributed by atoms with Gasteiger partial charge in [0.15, 0.2) is 43.2 Å². The molecule has 0 saturated heterocycles. The fraction of sp³-hybridized carbons (Fsp3) is 1.00. The van der Waals surface area contributed by atoms with Gasteiger partial charge in [-0.1, -0.05) is 0 Å². The molecular formula is C9H11F9. The molecule has 0 aliphatic rings. The minimum absolute atomic E-state index is 1.99. The van der Waals surface area contributed by atoms with Gasteiger partial charge in [-0.25, -0.2) is 39.5 Å². The normalized spacial score (nSPS) is 23.8. The Labute approximate surface area is 97.1 Å². The first-order valence-electron chi connectivity index (χ1n) is 4.88. The highest BCUT2D eigenvalue weighted by molar-refractivity contribution is 4.91. The SMILES string of the molecule is FCC(F)C(F)C(F)C(F)C(F)C(F)C(F)CF. The summed E-state index contributed by atoms with van der Waals surface area (Å²) in [7, 11) is 0. The molecule has 9 heteroatoms. The fourth-order valence-electron chi connectivity index (χ4n) is 1.10. The van der Waals surface area contributed by atoms with Crippen molar-refractivity contribution >= 4 is 0 Å². The van der Waals surface area contributed by atoms with Crippen molar-refractivity contribution in [3.63, 3.8) is 0 Å². The summed E-state index contributed by atoms with van der Waals surface area (Å²) in [6.07, 6.45) is -23.4. The maximum absolute atomic E-state index is 12.9. The van der Waals surface area contributed by atoms with Crippen LogP contribution in [0.2, 0.25) is 0 Å². The van der Waals surface area contributed by atoms with E-state index in [1.165, 1.54) is 0 Å². The molecule has 0 amide bonds. The summed E-state index contributed by atoms with van der Waals surface area (Å²) in [5, 5.41) is 0. The average Bonchev–Trinajstić information content (AvgIpc) is 2.40. The Morgan fingerprint density at radius 1 is 0.444 bits per heavy atom. The van der Waals surface area contributed by atoms with Crippen LogP contribution in [0.15, 0.2) is 0 Å². The second-order valence-corrected chi connectivity index (χ2v) is 3.56. The van der Waals surface area contributed by atoms with E-state index in [9.17, 15) is 39.5 Å². The van der Waals surface area contributed by atoms with Crippen molar-refractivity contribution in [1.82, 2.24) is 0 Å². The zero-order valence-electron chi connectivity index (χ0n) is 8.86. The van der Waals surface area contributed by atoms with Crippen molar-refractivity contribution in [2.24, 2.45) is 0 Å². The molecule has 0 aliphatic heterocycles. The first-order valence-corrected chi connectivity index (χ1v) is 4.88. The molecule has 0 bridgehead atoms. The van der Waals surface area contributed by atoms with Gasteiger partial charge in [-0.2, -0.15) is 0 Å². The summed E-state index contributed by atoms with van der Waals surface area (Å²) in [6.45, 7) is -3.97. The van der Waals surface area contributed by atoms with Gasteiger partial charge in [0.05, 0.1) is 0 Å². The molecule has 6 atom stereocenters. The number of hydrogen-bond donors (Lipinski definition) is 0. The molecule has 18 heavy (non-hydrogen) atoms. The first kappa shape index (κ1) is 17.4. The Bertz CT molecular complexity index is 204. The van der Waals surface area contributed by atoms with Crippen LogP contribution in [0.4, 0.5) is 39.5 Å². The summed E-state index contributed by atoms with van der Waals surface area (Å²) < 4.78 is 112. The van der Waals surface area contributed by atoms with Crippen molar-refractivity contribution in [2.45, 2.75) is 43.2 Å². The van der Waals surface area contributed by atoms with Crippen molar-refractivity contribution in [3.05, 3.63) is 0 Å². The van der Waals surface area contributed by atoms with Gasteiger partial charge in [-0.15, -0.1) is 0 Å². The topological polar surface area (TPSA) is 0 Å². The van der Waals surface area contributed by atoms with E-state index in [0.29, 0.717) is 0 Å². The van der Waals surface area contributed by atoms with Gasteiger partial charge in [-0.3, -0.25) is 0 Å². The van der Waals surface area contributed by atoms with Crippen LogP contribution >= 0.6 is 0 Å². The third-order valence-electron chi connectivity index (χ3n) is 2.20. The molecule has 0 aromatic heterocycles. The molecule has 0 nitrogen and oxygen atoms in total. The molecule has 0 fully saturated rings. The zero-order valence-corrected chi connectivity index (χ0v) is 8.86. The van der Waals surface area contributed by atoms with Crippen molar-refractivity contribution < 1.29 is 39.5 Å². The molecule has 0 rings (SSSR count). The Balaban J connectivity index is 4.57. The lowest BCUT2D eigenvalue weighted by atomic mass is 10.00. The Morgan fingerprint density at radius 3 is 0.889 bits per heavy atom. The summed E-state index contributed by atoms with van der Waals surface area (Å²) in [4.78, 5) is 0. The van der Waals surface area contributed by atoms with Gasteiger partial charge in [-0.05, 0) is 0 Å². The van der Waals surface area contributed by atoms with Crippen molar-refractivity contribution in [3.8, 4) is 0 Å². The van der Waals surface area contributed by atoms with E-state index in [1.807, 2.05) is 0 Å². The van der Waals surface area contributed by atoms with E-state index in [-0.39, 0.29) is 0 Å². The smallest absolute Gasteiger partial charge is 0.168 e. The lowest BCUT2D eigenvalue weighted by molar-refractivity contribution is -0.0397. The van der Waals surface area contributed by atoms with Crippen LogP contribution in [0.5, 0.6) is 0 Å². The molecule has 6 unspecified atom stereocenters. The van der Waals surface area contributed by atoms with Crippen LogP contribution in [-0.2, 0) is 0 Å². The largest absolute Gasteiger partial charge is 0.248 e. The highest BCUT2D eigenvalue weighted by atomic mass is 19.2. The molecule has 0 aromatic rings. The highest BCUT2D eigenvalue weighted by Gasteiger charge is 2.45. The monoisotopic (exact) mass is 290 g/mol. The second-order valence-electron chi connectivity index (χ2n) is 3.56. The van der Waals surface area contributed by atoms with Crippen LogP contribution in [0.1, 0.15) is 0 Å². The molecule has 0 saturated carbocycles. The highest BCUT2D eigenvalue weighted by Crippen LogP contribution is 2.26. The molecular weight excluding hydrogens is 279 g/mol. The number of hydrogen-bond acceptors (Lipinski definition) is 0. The first-order chi connectivity index (χ1) is 8.27. The van der Waals surface area contributed by atoms with Gasteiger partial charge < -0.3 is 0 Å². The van der Waals surface area contributed by atoms with Gasteiger partial charge >= 0.3 is 0 Å². The van der Waals surface area contributed by atoms with E-state index >= 15 is 0 Å². The lowest BCUT2D eigenvalue weighted by Gasteiger charge is -2.24. The van der Waals surface area contributed by atoms with E-state index < -0.39 is 56.6 Å². The Kier molecular flexibility index (Phi) is 7.46. The molecule has 0 heterocycles. The van der Waals surface area contributed by atoms with E-state index in [2.05, 4.69) is 0 Å². The maximum Gasteiger partial charge on any atom is 0.168 e. The van der Waals surface area contributed by atoms with Crippen molar-refractivity contribution in [2.75, 3.05) is 13.3 Å². The van der Waals surface area contributed by atoms with Crippen LogP contribution in [0, 0.1) is 0 Å². The van der Waals surface area contributed by atoms with Crippen LogP contribution < -0.4 is 0 Å². The number of rotatable bonds is 8. The zero-order chi connectivity index (χ0) is 14.5. The molecule has 0 radical (unpaired) electrons. The Hall–Kier alpha value is -0.630. The molecule has 0 aliphatic carbocycles.